The van der Waals surface area contributed by atoms with Gasteiger partial charge in [-0.15, -0.1) is 0 Å². The largest absolute Gasteiger partial charge is 0.497 e. The lowest BCUT2D eigenvalue weighted by Crippen LogP contribution is -2.04. The Kier molecular flexibility index (Phi) is 3.73. The molecule has 21 heavy (non-hydrogen) atoms. The Bertz CT molecular complexity index is 734. The number of fused-ring (bicyclic) bond motifs is 1. The Morgan fingerprint density at radius 2 is 2.05 bits per heavy atom. The van der Waals surface area contributed by atoms with E-state index in [1.807, 2.05) is 28.8 Å². The van der Waals surface area contributed by atoms with Crippen molar-refractivity contribution in [3.05, 3.63) is 54.0 Å². The fourth-order valence-electron chi connectivity index (χ4n) is 2.30. The van der Waals surface area contributed by atoms with Gasteiger partial charge in [-0.3, -0.25) is 4.40 Å². The first kappa shape index (κ1) is 13.4. The van der Waals surface area contributed by atoms with Crippen molar-refractivity contribution in [2.75, 3.05) is 12.4 Å². The van der Waals surface area contributed by atoms with E-state index in [0.717, 1.165) is 36.0 Å². The molecule has 0 saturated carbocycles. The lowest BCUT2D eigenvalue weighted by Gasteiger charge is -2.08. The molecular weight excluding hydrogens is 264 g/mol. The summed E-state index contributed by atoms with van der Waals surface area (Å²) in [4.78, 5) is 8.82. The number of nitrogens with zero attached hydrogens (tertiary/aromatic N) is 3. The number of hydrogen-bond acceptors (Lipinski definition) is 4. The Morgan fingerprint density at radius 3 is 2.76 bits per heavy atom. The zero-order chi connectivity index (χ0) is 14.7. The smallest absolute Gasteiger partial charge is 0.235 e. The minimum atomic E-state index is 0.728. The number of ether oxygens (including phenoxy) is 1. The van der Waals surface area contributed by atoms with Crippen LogP contribution in [0.1, 0.15) is 18.2 Å². The predicted octanol–water partition coefficient (Wildman–Crippen LogP) is 2.91. The highest BCUT2D eigenvalue weighted by Crippen LogP contribution is 2.19. The SMILES string of the molecule is CCc1nc2ncccn2c1NCc1ccc(OC)cc1. The van der Waals surface area contributed by atoms with E-state index in [1.54, 1.807) is 13.3 Å². The average molecular weight is 282 g/mol. The van der Waals surface area contributed by atoms with Gasteiger partial charge in [0.05, 0.1) is 12.8 Å². The summed E-state index contributed by atoms with van der Waals surface area (Å²) in [7, 11) is 1.67. The van der Waals surface area contributed by atoms with Crippen LogP contribution in [0.5, 0.6) is 5.75 Å². The topological polar surface area (TPSA) is 51.5 Å². The summed E-state index contributed by atoms with van der Waals surface area (Å²) in [6.07, 6.45) is 4.61. The van der Waals surface area contributed by atoms with Crippen molar-refractivity contribution in [2.45, 2.75) is 19.9 Å². The Balaban J connectivity index is 1.83. The van der Waals surface area contributed by atoms with Crippen molar-refractivity contribution < 1.29 is 4.74 Å². The average Bonchev–Trinajstić information content (AvgIpc) is 2.91. The highest BCUT2D eigenvalue weighted by molar-refractivity contribution is 5.52. The van der Waals surface area contributed by atoms with E-state index < -0.39 is 0 Å². The fourth-order valence-corrected chi connectivity index (χ4v) is 2.30. The minimum Gasteiger partial charge on any atom is -0.497 e. The lowest BCUT2D eigenvalue weighted by molar-refractivity contribution is 0.414. The van der Waals surface area contributed by atoms with Crippen molar-refractivity contribution in [3.63, 3.8) is 0 Å². The van der Waals surface area contributed by atoms with E-state index >= 15 is 0 Å². The van der Waals surface area contributed by atoms with E-state index in [9.17, 15) is 0 Å². The van der Waals surface area contributed by atoms with Crippen LogP contribution in [0.25, 0.3) is 5.78 Å². The van der Waals surface area contributed by atoms with Crippen molar-refractivity contribution in [1.82, 2.24) is 14.4 Å². The van der Waals surface area contributed by atoms with Gasteiger partial charge in [0.15, 0.2) is 0 Å². The van der Waals surface area contributed by atoms with E-state index in [-0.39, 0.29) is 0 Å². The number of aryl methyl sites for hydroxylation is 1. The summed E-state index contributed by atoms with van der Waals surface area (Å²) >= 11 is 0. The fraction of sp³-hybridized carbons (Fsp3) is 0.250. The molecule has 0 atom stereocenters. The molecule has 0 amide bonds. The highest BCUT2D eigenvalue weighted by atomic mass is 16.5. The zero-order valence-corrected chi connectivity index (χ0v) is 12.2. The number of anilines is 1. The van der Waals surface area contributed by atoms with Crippen molar-refractivity contribution in [2.24, 2.45) is 0 Å². The number of imidazole rings is 1. The summed E-state index contributed by atoms with van der Waals surface area (Å²) in [6.45, 7) is 2.83. The van der Waals surface area contributed by atoms with Gasteiger partial charge in [-0.2, -0.15) is 0 Å². The van der Waals surface area contributed by atoms with Gasteiger partial charge in [-0.25, -0.2) is 9.97 Å². The van der Waals surface area contributed by atoms with Crippen LogP contribution in [0.2, 0.25) is 0 Å². The van der Waals surface area contributed by atoms with E-state index in [0.29, 0.717) is 0 Å². The number of aromatic nitrogens is 3. The molecule has 0 saturated heterocycles. The van der Waals surface area contributed by atoms with Crippen LogP contribution in [0.15, 0.2) is 42.7 Å². The van der Waals surface area contributed by atoms with Crippen molar-refractivity contribution in [3.8, 4) is 5.75 Å². The first-order valence-corrected chi connectivity index (χ1v) is 7.00. The molecule has 3 aromatic rings. The van der Waals surface area contributed by atoms with Gasteiger partial charge in [-0.1, -0.05) is 19.1 Å². The van der Waals surface area contributed by atoms with Crippen LogP contribution in [-0.2, 0) is 13.0 Å². The first-order valence-electron chi connectivity index (χ1n) is 7.00. The third-order valence-corrected chi connectivity index (χ3v) is 3.43. The molecule has 0 spiro atoms. The van der Waals surface area contributed by atoms with Gasteiger partial charge in [0, 0.05) is 18.9 Å². The van der Waals surface area contributed by atoms with Gasteiger partial charge >= 0.3 is 0 Å². The number of rotatable bonds is 5. The number of benzene rings is 1. The second-order valence-corrected chi connectivity index (χ2v) is 4.75. The zero-order valence-electron chi connectivity index (χ0n) is 12.2. The maximum Gasteiger partial charge on any atom is 0.235 e. The molecule has 2 aromatic heterocycles. The third kappa shape index (κ3) is 2.67. The second-order valence-electron chi connectivity index (χ2n) is 4.75. The summed E-state index contributed by atoms with van der Waals surface area (Å²) in [6, 6.07) is 9.95. The summed E-state index contributed by atoms with van der Waals surface area (Å²) in [5, 5.41) is 3.46. The van der Waals surface area contributed by atoms with Crippen molar-refractivity contribution in [1.29, 1.82) is 0 Å². The molecule has 0 aliphatic carbocycles. The molecule has 1 N–H and O–H groups in total. The molecule has 5 heteroatoms. The van der Waals surface area contributed by atoms with Crippen LogP contribution in [-0.4, -0.2) is 21.5 Å². The second kappa shape index (κ2) is 5.83. The van der Waals surface area contributed by atoms with Gasteiger partial charge in [0.2, 0.25) is 5.78 Å². The molecule has 0 aliphatic heterocycles. The first-order chi connectivity index (χ1) is 10.3. The lowest BCUT2D eigenvalue weighted by atomic mass is 10.2. The highest BCUT2D eigenvalue weighted by Gasteiger charge is 2.10. The van der Waals surface area contributed by atoms with E-state index in [1.165, 1.54) is 5.56 Å². The minimum absolute atomic E-state index is 0.728. The number of hydrogen-bond donors (Lipinski definition) is 1. The number of nitrogens with one attached hydrogen (secondary N) is 1. The van der Waals surface area contributed by atoms with Crippen LogP contribution < -0.4 is 10.1 Å². The van der Waals surface area contributed by atoms with Crippen LogP contribution in [0, 0.1) is 0 Å². The Labute approximate surface area is 123 Å². The molecule has 0 fully saturated rings. The Hall–Kier alpha value is -2.56. The normalized spacial score (nSPS) is 10.8. The van der Waals surface area contributed by atoms with Crippen LogP contribution >= 0.6 is 0 Å². The van der Waals surface area contributed by atoms with Gasteiger partial charge in [-0.05, 0) is 30.2 Å². The summed E-state index contributed by atoms with van der Waals surface area (Å²) in [5.74, 6) is 2.61. The van der Waals surface area contributed by atoms with Crippen LogP contribution in [0.4, 0.5) is 5.82 Å². The third-order valence-electron chi connectivity index (χ3n) is 3.43. The molecule has 0 aliphatic rings. The van der Waals surface area contributed by atoms with Gasteiger partial charge < -0.3 is 10.1 Å². The number of methoxy groups -OCH3 is 1. The van der Waals surface area contributed by atoms with E-state index in [4.69, 9.17) is 4.74 Å². The van der Waals surface area contributed by atoms with Crippen molar-refractivity contribution >= 4 is 11.6 Å². The monoisotopic (exact) mass is 282 g/mol. The molecule has 2 heterocycles. The Morgan fingerprint density at radius 1 is 1.24 bits per heavy atom. The summed E-state index contributed by atoms with van der Waals surface area (Å²) < 4.78 is 7.16. The van der Waals surface area contributed by atoms with Gasteiger partial charge in [0.1, 0.15) is 11.6 Å². The molecule has 0 unspecified atom stereocenters. The molecule has 0 radical (unpaired) electrons. The van der Waals surface area contributed by atoms with Gasteiger partial charge in [0.25, 0.3) is 0 Å². The quantitative estimate of drug-likeness (QED) is 0.781. The molecule has 108 valence electrons. The maximum absolute atomic E-state index is 5.17. The van der Waals surface area contributed by atoms with E-state index in [2.05, 4.69) is 34.3 Å². The maximum atomic E-state index is 5.17. The predicted molar refractivity (Wildman–Crippen MR) is 82.7 cm³/mol. The molecule has 0 bridgehead atoms. The molecule has 1 aromatic carbocycles. The summed E-state index contributed by atoms with van der Waals surface area (Å²) in [5.41, 5.74) is 2.22. The standard InChI is InChI=1S/C16H18N4O/c1-3-14-15(20-10-4-9-17-16(20)19-14)18-11-12-5-7-13(21-2)8-6-12/h4-10,18H,3,11H2,1-2H3. The molecule has 3 rings (SSSR count). The molecular formula is C16H18N4O. The van der Waals surface area contributed by atoms with Crippen LogP contribution in [0.3, 0.4) is 0 Å². The molecule has 5 nitrogen and oxygen atoms in total.